The molecular weight excluding hydrogens is 252 g/mol. The molecule has 1 fully saturated rings. The van der Waals surface area contributed by atoms with Crippen LogP contribution in [0.3, 0.4) is 0 Å². The van der Waals surface area contributed by atoms with E-state index in [0.29, 0.717) is 6.42 Å². The largest absolute Gasteiger partial charge is 0.465 e. The standard InChI is InChI=1S/C11H16N4O4/c1-18-11(17)8-9(12)13-5-14-10(8)15-7-3-2-6(4-16)19-7/h5-7,16H,2-4H2,1H3,(H3,12,13,14,15)/t6-,7?/m0/s1. The molecule has 1 unspecified atom stereocenters. The summed E-state index contributed by atoms with van der Waals surface area (Å²) in [6.45, 7) is -0.0338. The van der Waals surface area contributed by atoms with Gasteiger partial charge in [0, 0.05) is 0 Å². The first-order chi connectivity index (χ1) is 9.15. The van der Waals surface area contributed by atoms with Crippen LogP contribution < -0.4 is 11.1 Å². The van der Waals surface area contributed by atoms with Gasteiger partial charge in [0.1, 0.15) is 29.8 Å². The lowest BCUT2D eigenvalue weighted by Gasteiger charge is -2.16. The molecule has 2 atom stereocenters. The van der Waals surface area contributed by atoms with Gasteiger partial charge in [-0.3, -0.25) is 0 Å². The van der Waals surface area contributed by atoms with E-state index in [9.17, 15) is 4.79 Å². The summed E-state index contributed by atoms with van der Waals surface area (Å²) in [5.41, 5.74) is 5.74. The first-order valence-corrected chi connectivity index (χ1v) is 5.87. The van der Waals surface area contributed by atoms with E-state index in [4.69, 9.17) is 15.6 Å². The molecule has 2 rings (SSSR count). The van der Waals surface area contributed by atoms with Gasteiger partial charge in [-0.1, -0.05) is 0 Å². The highest BCUT2D eigenvalue weighted by molar-refractivity contribution is 5.99. The molecule has 0 radical (unpaired) electrons. The van der Waals surface area contributed by atoms with Crippen LogP contribution in [0.2, 0.25) is 0 Å². The average molecular weight is 268 g/mol. The number of carbonyl (C=O) groups excluding carboxylic acids is 1. The van der Waals surface area contributed by atoms with Gasteiger partial charge in [-0.2, -0.15) is 0 Å². The molecule has 19 heavy (non-hydrogen) atoms. The second-order valence-electron chi connectivity index (χ2n) is 4.13. The van der Waals surface area contributed by atoms with Gasteiger partial charge in [-0.15, -0.1) is 0 Å². The Morgan fingerprint density at radius 2 is 2.42 bits per heavy atom. The van der Waals surface area contributed by atoms with Crippen molar-refractivity contribution in [1.29, 1.82) is 0 Å². The van der Waals surface area contributed by atoms with Crippen molar-refractivity contribution in [2.45, 2.75) is 25.2 Å². The molecule has 1 aromatic rings. The summed E-state index contributed by atoms with van der Waals surface area (Å²) in [7, 11) is 1.26. The Kier molecular flexibility index (Phi) is 4.13. The number of aliphatic hydroxyl groups is 1. The minimum atomic E-state index is -0.614. The van der Waals surface area contributed by atoms with Crippen LogP contribution in [0.5, 0.6) is 0 Å². The lowest BCUT2D eigenvalue weighted by atomic mass is 10.2. The molecule has 1 aliphatic heterocycles. The SMILES string of the molecule is COC(=O)c1c(N)ncnc1NC1CC[C@@H](CO)O1. The molecule has 1 aliphatic rings. The topological polar surface area (TPSA) is 120 Å². The average Bonchev–Trinajstić information content (AvgIpc) is 2.86. The fourth-order valence-corrected chi connectivity index (χ4v) is 1.91. The third kappa shape index (κ3) is 2.91. The van der Waals surface area contributed by atoms with Crippen molar-refractivity contribution in [2.24, 2.45) is 0 Å². The second-order valence-corrected chi connectivity index (χ2v) is 4.13. The molecule has 104 valence electrons. The smallest absolute Gasteiger partial charge is 0.345 e. The van der Waals surface area contributed by atoms with Crippen LogP contribution in [-0.4, -0.2) is 47.1 Å². The summed E-state index contributed by atoms with van der Waals surface area (Å²) in [4.78, 5) is 19.4. The lowest BCUT2D eigenvalue weighted by Crippen LogP contribution is -2.24. The lowest BCUT2D eigenvalue weighted by molar-refractivity contribution is 0.0233. The number of esters is 1. The molecule has 0 aromatic carbocycles. The number of nitrogens with zero attached hydrogens (tertiary/aromatic N) is 2. The molecule has 0 saturated carbocycles. The normalized spacial score (nSPS) is 22.2. The maximum Gasteiger partial charge on any atom is 0.345 e. The Bertz CT molecular complexity index is 468. The molecule has 2 heterocycles. The van der Waals surface area contributed by atoms with Crippen molar-refractivity contribution in [3.8, 4) is 0 Å². The Labute approximate surface area is 109 Å². The summed E-state index contributed by atoms with van der Waals surface area (Å²) >= 11 is 0. The molecule has 1 saturated heterocycles. The number of aromatic nitrogens is 2. The van der Waals surface area contributed by atoms with Gasteiger partial charge in [-0.25, -0.2) is 14.8 Å². The molecule has 0 aliphatic carbocycles. The highest BCUT2D eigenvalue weighted by Crippen LogP contribution is 2.24. The first kappa shape index (κ1) is 13.5. The Morgan fingerprint density at radius 3 is 3.05 bits per heavy atom. The van der Waals surface area contributed by atoms with Crippen LogP contribution >= 0.6 is 0 Å². The molecule has 1 aromatic heterocycles. The first-order valence-electron chi connectivity index (χ1n) is 5.87. The number of carbonyl (C=O) groups is 1. The highest BCUT2D eigenvalue weighted by Gasteiger charge is 2.27. The van der Waals surface area contributed by atoms with E-state index in [1.54, 1.807) is 0 Å². The minimum absolute atomic E-state index is 0.0338. The molecule has 4 N–H and O–H groups in total. The molecule has 0 amide bonds. The van der Waals surface area contributed by atoms with Gasteiger partial charge in [0.15, 0.2) is 0 Å². The third-order valence-corrected chi connectivity index (χ3v) is 2.88. The molecule has 8 nitrogen and oxygen atoms in total. The Hall–Kier alpha value is -1.93. The zero-order valence-electron chi connectivity index (χ0n) is 10.5. The molecule has 0 bridgehead atoms. The monoisotopic (exact) mass is 268 g/mol. The number of aliphatic hydroxyl groups excluding tert-OH is 1. The van der Waals surface area contributed by atoms with Gasteiger partial charge < -0.3 is 25.6 Å². The number of methoxy groups -OCH3 is 1. The summed E-state index contributed by atoms with van der Waals surface area (Å²) < 4.78 is 10.2. The van der Waals surface area contributed by atoms with Crippen molar-refractivity contribution in [3.63, 3.8) is 0 Å². The zero-order valence-corrected chi connectivity index (χ0v) is 10.5. The number of nitrogens with one attached hydrogen (secondary N) is 1. The summed E-state index contributed by atoms with van der Waals surface area (Å²) in [5, 5.41) is 12.0. The van der Waals surface area contributed by atoms with Crippen molar-refractivity contribution >= 4 is 17.6 Å². The summed E-state index contributed by atoms with van der Waals surface area (Å²) in [6, 6.07) is 0. The maximum atomic E-state index is 11.6. The summed E-state index contributed by atoms with van der Waals surface area (Å²) in [6.07, 6.45) is 2.17. The number of rotatable bonds is 4. The van der Waals surface area contributed by atoms with Crippen LogP contribution in [0.25, 0.3) is 0 Å². The van der Waals surface area contributed by atoms with Crippen molar-refractivity contribution in [3.05, 3.63) is 11.9 Å². The minimum Gasteiger partial charge on any atom is -0.465 e. The van der Waals surface area contributed by atoms with E-state index >= 15 is 0 Å². The fourth-order valence-electron chi connectivity index (χ4n) is 1.91. The van der Waals surface area contributed by atoms with Crippen molar-refractivity contribution < 1.29 is 19.4 Å². The van der Waals surface area contributed by atoms with Crippen LogP contribution in [0.1, 0.15) is 23.2 Å². The van der Waals surface area contributed by atoms with E-state index in [-0.39, 0.29) is 36.1 Å². The van der Waals surface area contributed by atoms with Crippen molar-refractivity contribution in [1.82, 2.24) is 9.97 Å². The zero-order chi connectivity index (χ0) is 13.8. The fraction of sp³-hybridized carbons (Fsp3) is 0.545. The van der Waals surface area contributed by atoms with E-state index < -0.39 is 5.97 Å². The Balaban J connectivity index is 2.16. The highest BCUT2D eigenvalue weighted by atomic mass is 16.5. The molecule has 0 spiro atoms. The number of ether oxygens (including phenoxy) is 2. The number of anilines is 2. The molecule has 8 heteroatoms. The predicted octanol–water partition coefficient (Wildman–Crippen LogP) is -0.245. The van der Waals surface area contributed by atoms with Crippen LogP contribution in [0, 0.1) is 0 Å². The number of nitrogen functional groups attached to an aromatic ring is 1. The van der Waals surface area contributed by atoms with Crippen LogP contribution in [-0.2, 0) is 9.47 Å². The van der Waals surface area contributed by atoms with Gasteiger partial charge in [-0.05, 0) is 12.8 Å². The van der Waals surface area contributed by atoms with Crippen LogP contribution in [0.15, 0.2) is 6.33 Å². The van der Waals surface area contributed by atoms with Crippen LogP contribution in [0.4, 0.5) is 11.6 Å². The van der Waals surface area contributed by atoms with E-state index in [2.05, 4.69) is 20.0 Å². The second kappa shape index (κ2) is 5.81. The van der Waals surface area contributed by atoms with E-state index in [1.165, 1.54) is 13.4 Å². The number of hydrogen-bond acceptors (Lipinski definition) is 8. The third-order valence-electron chi connectivity index (χ3n) is 2.88. The van der Waals surface area contributed by atoms with Gasteiger partial charge >= 0.3 is 5.97 Å². The predicted molar refractivity (Wildman–Crippen MR) is 66.4 cm³/mol. The van der Waals surface area contributed by atoms with Gasteiger partial charge in [0.2, 0.25) is 0 Å². The number of nitrogens with two attached hydrogens (primary N) is 1. The van der Waals surface area contributed by atoms with Crippen molar-refractivity contribution in [2.75, 3.05) is 24.8 Å². The Morgan fingerprint density at radius 1 is 1.63 bits per heavy atom. The molecular formula is C11H16N4O4. The van der Waals surface area contributed by atoms with Gasteiger partial charge in [0.25, 0.3) is 0 Å². The quantitative estimate of drug-likeness (QED) is 0.640. The number of hydrogen-bond donors (Lipinski definition) is 3. The van der Waals surface area contributed by atoms with Gasteiger partial charge in [0.05, 0.1) is 19.8 Å². The summed E-state index contributed by atoms with van der Waals surface area (Å²) in [5.74, 6) is -0.304. The van der Waals surface area contributed by atoms with E-state index in [1.807, 2.05) is 0 Å². The maximum absolute atomic E-state index is 11.6. The van der Waals surface area contributed by atoms with E-state index in [0.717, 1.165) is 6.42 Å².